The molecule has 1 aliphatic rings. The van der Waals surface area contributed by atoms with Crippen LogP contribution in [0.4, 0.5) is 10.1 Å². The van der Waals surface area contributed by atoms with Crippen LogP contribution in [-0.2, 0) is 11.4 Å². The summed E-state index contributed by atoms with van der Waals surface area (Å²) in [5.41, 5.74) is 1.71. The van der Waals surface area contributed by atoms with E-state index in [2.05, 4.69) is 0 Å². The van der Waals surface area contributed by atoms with E-state index in [-0.39, 0.29) is 23.1 Å². The molecule has 8 heteroatoms. The number of carbonyl (C=O) groups excluding carboxylic acids is 1. The molecule has 0 bridgehead atoms. The van der Waals surface area contributed by atoms with Crippen molar-refractivity contribution in [1.29, 1.82) is 0 Å². The first-order valence-corrected chi connectivity index (χ1v) is 12.6. The van der Waals surface area contributed by atoms with Gasteiger partial charge < -0.3 is 9.47 Å². The lowest BCUT2D eigenvalue weighted by atomic mass is 10.1. The number of hydrogen-bond donors (Lipinski definition) is 0. The minimum atomic E-state index is -0.449. The topological polar surface area (TPSA) is 38.8 Å². The first kappa shape index (κ1) is 24.3. The Balaban J connectivity index is 1.44. The van der Waals surface area contributed by atoms with Crippen molar-refractivity contribution in [2.75, 3.05) is 12.0 Å². The summed E-state index contributed by atoms with van der Waals surface area (Å²) in [6, 6.07) is 23.4. The Hall–Kier alpha value is -3.39. The number of anilines is 1. The van der Waals surface area contributed by atoms with Gasteiger partial charge in [0.1, 0.15) is 12.4 Å². The van der Waals surface area contributed by atoms with Crippen molar-refractivity contribution in [3.63, 3.8) is 0 Å². The Labute approximate surface area is 222 Å². The molecule has 4 aromatic carbocycles. The van der Waals surface area contributed by atoms with Gasteiger partial charge in [0, 0.05) is 10.9 Å². The van der Waals surface area contributed by atoms with Crippen LogP contribution in [0, 0.1) is 5.82 Å². The fraction of sp³-hybridized carbons (Fsp3) is 0.0714. The number of carbonyl (C=O) groups is 1. The highest BCUT2D eigenvalue weighted by Crippen LogP contribution is 2.39. The molecule has 0 saturated carbocycles. The second-order valence-electron chi connectivity index (χ2n) is 7.91. The predicted octanol–water partition coefficient (Wildman–Crippen LogP) is 7.63. The van der Waals surface area contributed by atoms with E-state index in [1.54, 1.807) is 29.2 Å². The molecule has 5 rings (SSSR count). The number of nitrogens with zero attached hydrogens (tertiary/aromatic N) is 1. The molecule has 1 saturated heterocycles. The lowest BCUT2D eigenvalue weighted by molar-refractivity contribution is -0.113. The Bertz CT molecular complexity index is 1510. The van der Waals surface area contributed by atoms with Gasteiger partial charge >= 0.3 is 0 Å². The Kier molecular flexibility index (Phi) is 6.96. The molecule has 0 aromatic heterocycles. The fourth-order valence-corrected chi connectivity index (χ4v) is 5.45. The number of halogens is 2. The summed E-state index contributed by atoms with van der Waals surface area (Å²) in [4.78, 5) is 15.4. The molecule has 1 fully saturated rings. The molecule has 36 heavy (non-hydrogen) atoms. The smallest absolute Gasteiger partial charge is 0.270 e. The largest absolute Gasteiger partial charge is 0.493 e. The number of thioether (sulfide) groups is 1. The number of amides is 1. The molecular formula is C28H19ClFNO3S2. The van der Waals surface area contributed by atoms with E-state index in [4.69, 9.17) is 33.3 Å². The van der Waals surface area contributed by atoms with E-state index >= 15 is 0 Å². The summed E-state index contributed by atoms with van der Waals surface area (Å²) < 4.78 is 25.9. The molecule has 0 radical (unpaired) electrons. The van der Waals surface area contributed by atoms with E-state index in [0.29, 0.717) is 26.3 Å². The summed E-state index contributed by atoms with van der Waals surface area (Å²) in [6.45, 7) is -0.0749. The first-order chi connectivity index (χ1) is 17.5. The highest BCUT2D eigenvalue weighted by molar-refractivity contribution is 8.27. The van der Waals surface area contributed by atoms with E-state index in [1.807, 2.05) is 48.5 Å². The van der Waals surface area contributed by atoms with E-state index < -0.39 is 5.82 Å². The molecule has 0 atom stereocenters. The fourth-order valence-electron chi connectivity index (χ4n) is 3.95. The number of benzene rings is 4. The minimum absolute atomic E-state index is 0.0749. The maximum atomic E-state index is 14.2. The monoisotopic (exact) mass is 535 g/mol. The zero-order valence-electron chi connectivity index (χ0n) is 19.0. The average Bonchev–Trinajstić information content (AvgIpc) is 3.15. The second kappa shape index (κ2) is 10.3. The lowest BCUT2D eigenvalue weighted by Crippen LogP contribution is -2.27. The SMILES string of the molecule is COc1ccc(/C=C2\SC(=S)N(c3cccc4ccccc34)C2=O)cc1OCc1c(F)cccc1Cl. The zero-order valence-corrected chi connectivity index (χ0v) is 21.4. The number of rotatable bonds is 6. The minimum Gasteiger partial charge on any atom is -0.493 e. The van der Waals surface area contributed by atoms with Crippen LogP contribution in [0.25, 0.3) is 16.8 Å². The van der Waals surface area contributed by atoms with Gasteiger partial charge in [-0.1, -0.05) is 84.1 Å². The number of fused-ring (bicyclic) bond motifs is 1. The van der Waals surface area contributed by atoms with Crippen molar-refractivity contribution in [3.05, 3.63) is 106 Å². The van der Waals surface area contributed by atoms with E-state index in [1.165, 1.54) is 31.0 Å². The van der Waals surface area contributed by atoms with Gasteiger partial charge in [-0.25, -0.2) is 4.39 Å². The molecule has 1 amide bonds. The van der Waals surface area contributed by atoms with Crippen LogP contribution in [0.3, 0.4) is 0 Å². The van der Waals surface area contributed by atoms with Crippen molar-refractivity contribution >= 4 is 68.3 Å². The summed E-state index contributed by atoms with van der Waals surface area (Å²) >= 11 is 12.9. The molecule has 0 aliphatic carbocycles. The van der Waals surface area contributed by atoms with Gasteiger partial charge in [-0.3, -0.25) is 9.69 Å². The number of thiocarbonyl (C=S) groups is 1. The zero-order chi connectivity index (χ0) is 25.2. The van der Waals surface area contributed by atoms with Gasteiger partial charge in [-0.2, -0.15) is 0 Å². The quantitative estimate of drug-likeness (QED) is 0.187. The lowest BCUT2D eigenvalue weighted by Gasteiger charge is -2.17. The van der Waals surface area contributed by atoms with Gasteiger partial charge in [-0.15, -0.1) is 0 Å². The second-order valence-corrected chi connectivity index (χ2v) is 10.00. The third kappa shape index (κ3) is 4.69. The molecular weight excluding hydrogens is 517 g/mol. The number of methoxy groups -OCH3 is 1. The maximum Gasteiger partial charge on any atom is 0.270 e. The molecule has 4 aromatic rings. The number of hydrogen-bond acceptors (Lipinski definition) is 5. The standard InChI is InChI=1S/C28H19ClFNO3S2/c1-33-24-13-12-17(14-25(24)34-16-20-21(29)9-5-10-22(20)30)15-26-27(32)31(28(35)36-26)23-11-4-7-18-6-2-3-8-19(18)23/h2-15H,16H2,1H3/b26-15-. The Morgan fingerprint density at radius 3 is 2.61 bits per heavy atom. The van der Waals surface area contributed by atoms with Crippen LogP contribution < -0.4 is 14.4 Å². The summed E-state index contributed by atoms with van der Waals surface area (Å²) in [6.07, 6.45) is 1.76. The van der Waals surface area contributed by atoms with Crippen LogP contribution >= 0.6 is 35.6 Å². The van der Waals surface area contributed by atoms with E-state index in [9.17, 15) is 9.18 Å². The molecule has 1 aliphatic heterocycles. The highest BCUT2D eigenvalue weighted by Gasteiger charge is 2.34. The van der Waals surface area contributed by atoms with Crippen LogP contribution in [0.15, 0.2) is 83.8 Å². The summed E-state index contributed by atoms with van der Waals surface area (Å²) in [5.74, 6) is 0.227. The van der Waals surface area contributed by atoms with Gasteiger partial charge in [0.15, 0.2) is 15.8 Å². The van der Waals surface area contributed by atoms with Crippen molar-refractivity contribution in [2.45, 2.75) is 6.61 Å². The van der Waals surface area contributed by atoms with Crippen molar-refractivity contribution in [1.82, 2.24) is 0 Å². The first-order valence-electron chi connectivity index (χ1n) is 11.0. The molecule has 0 unspecified atom stereocenters. The highest BCUT2D eigenvalue weighted by atomic mass is 35.5. The molecule has 0 spiro atoms. The molecule has 0 N–H and O–H groups in total. The third-order valence-electron chi connectivity index (χ3n) is 5.72. The van der Waals surface area contributed by atoms with Crippen molar-refractivity contribution in [3.8, 4) is 11.5 Å². The van der Waals surface area contributed by atoms with E-state index in [0.717, 1.165) is 16.5 Å². The van der Waals surface area contributed by atoms with Gasteiger partial charge in [0.25, 0.3) is 5.91 Å². The average molecular weight is 536 g/mol. The normalized spacial score (nSPS) is 14.6. The van der Waals surface area contributed by atoms with Gasteiger partial charge in [0.2, 0.25) is 0 Å². The molecule has 180 valence electrons. The van der Waals surface area contributed by atoms with Crippen LogP contribution in [0.1, 0.15) is 11.1 Å². The Morgan fingerprint density at radius 2 is 1.81 bits per heavy atom. The Morgan fingerprint density at radius 1 is 1.03 bits per heavy atom. The van der Waals surface area contributed by atoms with Gasteiger partial charge in [-0.05, 0) is 47.4 Å². The van der Waals surface area contributed by atoms with Crippen molar-refractivity contribution < 1.29 is 18.7 Å². The molecule has 1 heterocycles. The van der Waals surface area contributed by atoms with Crippen LogP contribution in [0.2, 0.25) is 5.02 Å². The third-order valence-corrected chi connectivity index (χ3v) is 7.38. The van der Waals surface area contributed by atoms with Crippen LogP contribution in [-0.4, -0.2) is 17.3 Å². The van der Waals surface area contributed by atoms with Crippen LogP contribution in [0.5, 0.6) is 11.5 Å². The maximum absolute atomic E-state index is 14.2. The van der Waals surface area contributed by atoms with Gasteiger partial charge in [0.05, 0.1) is 22.7 Å². The van der Waals surface area contributed by atoms with Crippen molar-refractivity contribution in [2.24, 2.45) is 0 Å². The summed E-state index contributed by atoms with van der Waals surface area (Å²) in [5, 5.41) is 2.26. The molecule has 4 nitrogen and oxygen atoms in total. The number of ether oxygens (including phenoxy) is 2. The predicted molar refractivity (Wildman–Crippen MR) is 148 cm³/mol. The summed E-state index contributed by atoms with van der Waals surface area (Å²) in [7, 11) is 1.52.